The van der Waals surface area contributed by atoms with Crippen molar-refractivity contribution >= 4 is 23.2 Å². The summed E-state index contributed by atoms with van der Waals surface area (Å²) in [4.78, 5) is 29.6. The second-order valence-electron chi connectivity index (χ2n) is 8.57. The molecule has 1 saturated heterocycles. The summed E-state index contributed by atoms with van der Waals surface area (Å²) in [5.41, 5.74) is 3.21. The molecule has 4 rings (SSSR count). The molecular weight excluding hydrogens is 440 g/mol. The highest BCUT2D eigenvalue weighted by Gasteiger charge is 2.19. The van der Waals surface area contributed by atoms with Crippen molar-refractivity contribution in [2.24, 2.45) is 0 Å². The van der Waals surface area contributed by atoms with Crippen LogP contribution in [0.3, 0.4) is 0 Å². The molecule has 0 spiro atoms. The lowest BCUT2D eigenvalue weighted by molar-refractivity contribution is -0.117. The third-order valence-electron chi connectivity index (χ3n) is 5.94. The first-order valence-electron chi connectivity index (χ1n) is 12.0. The van der Waals surface area contributed by atoms with Crippen molar-refractivity contribution in [3.05, 3.63) is 90.0 Å². The highest BCUT2D eigenvalue weighted by atomic mass is 16.5. The Balaban J connectivity index is 1.20. The molecule has 0 radical (unpaired) electrons. The van der Waals surface area contributed by atoms with Gasteiger partial charge in [-0.25, -0.2) is 0 Å². The van der Waals surface area contributed by atoms with E-state index in [1.807, 2.05) is 25.1 Å². The number of carbonyl (C=O) groups excluding carboxylic acids is 2. The molecule has 2 N–H and O–H groups in total. The van der Waals surface area contributed by atoms with Gasteiger partial charge in [0.05, 0.1) is 13.2 Å². The van der Waals surface area contributed by atoms with Crippen LogP contribution >= 0.6 is 0 Å². The third-order valence-corrected chi connectivity index (χ3v) is 5.94. The fourth-order valence-corrected chi connectivity index (χ4v) is 4.06. The molecule has 1 fully saturated rings. The van der Waals surface area contributed by atoms with Gasteiger partial charge in [-0.3, -0.25) is 19.4 Å². The van der Waals surface area contributed by atoms with Crippen LogP contribution in [0.4, 0.5) is 11.4 Å². The predicted octanol–water partition coefficient (Wildman–Crippen LogP) is 4.09. The molecule has 3 aromatic rings. The minimum absolute atomic E-state index is 0.0481. The Morgan fingerprint density at radius 3 is 2.03 bits per heavy atom. The minimum atomic E-state index is -0.208. The first kappa shape index (κ1) is 24.4. The molecule has 0 aliphatic carbocycles. The largest absolute Gasteiger partial charge is 0.494 e. The normalized spacial score (nSPS) is 14.3. The zero-order valence-electron chi connectivity index (χ0n) is 20.1. The molecule has 0 atom stereocenters. The van der Waals surface area contributed by atoms with Crippen molar-refractivity contribution in [1.29, 1.82) is 0 Å². The summed E-state index contributed by atoms with van der Waals surface area (Å²) in [5, 5.41) is 5.80. The number of piperazine rings is 1. The summed E-state index contributed by atoms with van der Waals surface area (Å²) in [6, 6.07) is 24.6. The van der Waals surface area contributed by atoms with Gasteiger partial charge in [-0.1, -0.05) is 30.3 Å². The van der Waals surface area contributed by atoms with E-state index >= 15 is 0 Å². The number of rotatable bonds is 9. The van der Waals surface area contributed by atoms with Crippen LogP contribution in [0.5, 0.6) is 5.75 Å². The van der Waals surface area contributed by atoms with Crippen LogP contribution < -0.4 is 15.4 Å². The number of carbonyl (C=O) groups is 2. The number of nitrogens with one attached hydrogen (secondary N) is 2. The van der Waals surface area contributed by atoms with Gasteiger partial charge in [-0.2, -0.15) is 0 Å². The average Bonchev–Trinajstić information content (AvgIpc) is 2.87. The monoisotopic (exact) mass is 472 g/mol. The molecule has 182 valence electrons. The standard InChI is InChI=1S/C28H32N4O3/c1-2-35-26-14-12-25(13-15-26)30-28(34)23-8-10-24(11-9-23)29-27(33)21-32-18-16-31(17-19-32)20-22-6-4-3-5-7-22/h3-15H,2,16-21H2,1H3,(H,29,33)(H,30,34). The Labute approximate surface area is 206 Å². The molecule has 1 aliphatic rings. The fourth-order valence-electron chi connectivity index (χ4n) is 4.06. The number of hydrogen-bond donors (Lipinski definition) is 2. The number of benzene rings is 3. The maximum atomic E-state index is 12.5. The zero-order valence-corrected chi connectivity index (χ0v) is 20.1. The van der Waals surface area contributed by atoms with E-state index in [-0.39, 0.29) is 11.8 Å². The lowest BCUT2D eigenvalue weighted by atomic mass is 10.2. The molecule has 3 aromatic carbocycles. The second kappa shape index (κ2) is 12.1. The summed E-state index contributed by atoms with van der Waals surface area (Å²) in [6.45, 7) is 7.45. The number of hydrogen-bond acceptors (Lipinski definition) is 5. The van der Waals surface area contributed by atoms with Gasteiger partial charge in [-0.15, -0.1) is 0 Å². The SMILES string of the molecule is CCOc1ccc(NC(=O)c2ccc(NC(=O)CN3CCN(Cc4ccccc4)CC3)cc2)cc1. The highest BCUT2D eigenvalue weighted by Crippen LogP contribution is 2.17. The lowest BCUT2D eigenvalue weighted by Crippen LogP contribution is -2.48. The smallest absolute Gasteiger partial charge is 0.255 e. The maximum Gasteiger partial charge on any atom is 0.255 e. The van der Waals surface area contributed by atoms with Crippen LogP contribution in [0.2, 0.25) is 0 Å². The highest BCUT2D eigenvalue weighted by molar-refractivity contribution is 6.04. The summed E-state index contributed by atoms with van der Waals surface area (Å²) >= 11 is 0. The van der Waals surface area contributed by atoms with Crippen molar-refractivity contribution < 1.29 is 14.3 Å². The van der Waals surface area contributed by atoms with Crippen LogP contribution in [0.25, 0.3) is 0 Å². The van der Waals surface area contributed by atoms with Crippen LogP contribution in [0.15, 0.2) is 78.9 Å². The Morgan fingerprint density at radius 1 is 0.771 bits per heavy atom. The summed E-state index contributed by atoms with van der Waals surface area (Å²) < 4.78 is 5.42. The first-order chi connectivity index (χ1) is 17.1. The molecule has 0 unspecified atom stereocenters. The van der Waals surface area contributed by atoms with Gasteiger partial charge in [0.1, 0.15) is 5.75 Å². The quantitative estimate of drug-likeness (QED) is 0.491. The van der Waals surface area contributed by atoms with Crippen LogP contribution in [0.1, 0.15) is 22.8 Å². The van der Waals surface area contributed by atoms with Gasteiger partial charge in [0.25, 0.3) is 5.91 Å². The molecule has 1 heterocycles. The molecule has 7 nitrogen and oxygen atoms in total. The van der Waals surface area contributed by atoms with E-state index in [0.29, 0.717) is 30.1 Å². The van der Waals surface area contributed by atoms with E-state index < -0.39 is 0 Å². The van der Waals surface area contributed by atoms with E-state index in [0.717, 1.165) is 38.5 Å². The van der Waals surface area contributed by atoms with E-state index in [9.17, 15) is 9.59 Å². The van der Waals surface area contributed by atoms with Crippen LogP contribution in [-0.4, -0.2) is 60.9 Å². The molecule has 2 amide bonds. The third kappa shape index (κ3) is 7.40. The number of nitrogens with zero attached hydrogens (tertiary/aromatic N) is 2. The summed E-state index contributed by atoms with van der Waals surface area (Å²) in [6.07, 6.45) is 0. The molecule has 0 saturated carbocycles. The predicted molar refractivity (Wildman–Crippen MR) is 139 cm³/mol. The van der Waals surface area contributed by atoms with Crippen LogP contribution in [-0.2, 0) is 11.3 Å². The topological polar surface area (TPSA) is 73.9 Å². The zero-order chi connectivity index (χ0) is 24.5. The Hall–Kier alpha value is -3.68. The Kier molecular flexibility index (Phi) is 8.48. The van der Waals surface area contributed by atoms with Gasteiger partial charge < -0.3 is 15.4 Å². The van der Waals surface area contributed by atoms with E-state index in [1.165, 1.54) is 5.56 Å². The van der Waals surface area contributed by atoms with Crippen molar-refractivity contribution in [1.82, 2.24) is 9.80 Å². The molecule has 7 heteroatoms. The Bertz CT molecular complexity index is 1090. The number of ether oxygens (including phenoxy) is 1. The second-order valence-corrected chi connectivity index (χ2v) is 8.57. The van der Waals surface area contributed by atoms with Crippen molar-refractivity contribution in [3.63, 3.8) is 0 Å². The van der Waals surface area contributed by atoms with Crippen molar-refractivity contribution in [3.8, 4) is 5.75 Å². The lowest BCUT2D eigenvalue weighted by Gasteiger charge is -2.34. The van der Waals surface area contributed by atoms with Crippen molar-refractivity contribution in [2.45, 2.75) is 13.5 Å². The first-order valence-corrected chi connectivity index (χ1v) is 12.0. The van der Waals surface area contributed by atoms with Gasteiger partial charge >= 0.3 is 0 Å². The van der Waals surface area contributed by atoms with Crippen molar-refractivity contribution in [2.75, 3.05) is 50.0 Å². The summed E-state index contributed by atoms with van der Waals surface area (Å²) in [7, 11) is 0. The van der Waals surface area contributed by atoms with Gasteiger partial charge in [-0.05, 0) is 61.0 Å². The molecule has 35 heavy (non-hydrogen) atoms. The van der Waals surface area contributed by atoms with E-state index in [2.05, 4.69) is 44.7 Å². The average molecular weight is 473 g/mol. The van der Waals surface area contributed by atoms with Crippen LogP contribution in [0, 0.1) is 0 Å². The number of amides is 2. The van der Waals surface area contributed by atoms with Gasteiger partial charge in [0.15, 0.2) is 0 Å². The number of anilines is 2. The van der Waals surface area contributed by atoms with E-state index in [4.69, 9.17) is 4.74 Å². The van der Waals surface area contributed by atoms with E-state index in [1.54, 1.807) is 36.4 Å². The Morgan fingerprint density at radius 2 is 1.37 bits per heavy atom. The van der Waals surface area contributed by atoms with Gasteiger partial charge in [0, 0.05) is 49.7 Å². The molecule has 0 bridgehead atoms. The maximum absolute atomic E-state index is 12.5. The summed E-state index contributed by atoms with van der Waals surface area (Å²) in [5.74, 6) is 0.508. The molecular formula is C28H32N4O3. The minimum Gasteiger partial charge on any atom is -0.494 e. The fraction of sp³-hybridized carbons (Fsp3) is 0.286. The molecule has 0 aromatic heterocycles. The molecule has 1 aliphatic heterocycles. The van der Waals surface area contributed by atoms with Gasteiger partial charge in [0.2, 0.25) is 5.91 Å².